The molecule has 0 bridgehead atoms. The fraction of sp³-hybridized carbons (Fsp3) is 0.692. The van der Waals surface area contributed by atoms with Gasteiger partial charge in [-0.2, -0.15) is 5.10 Å². The summed E-state index contributed by atoms with van der Waals surface area (Å²) >= 11 is 5.45. The van der Waals surface area contributed by atoms with E-state index in [1.165, 1.54) is 0 Å². The third kappa shape index (κ3) is 2.00. The van der Waals surface area contributed by atoms with Crippen LogP contribution in [0.3, 0.4) is 0 Å². The molecule has 5 heteroatoms. The second-order valence-electron chi connectivity index (χ2n) is 6.07. The Bertz CT molecular complexity index is 627. The number of imidazole rings is 1. The van der Waals surface area contributed by atoms with Crippen molar-refractivity contribution < 1.29 is 0 Å². The second kappa shape index (κ2) is 4.23. The van der Waals surface area contributed by atoms with Gasteiger partial charge in [-0.05, 0) is 30.5 Å². The minimum absolute atomic E-state index is 0.200. The molecular formula is C13H22N4S. The lowest BCUT2D eigenvalue weighted by atomic mass is 9.81. The van der Waals surface area contributed by atoms with E-state index in [0.717, 1.165) is 28.2 Å². The van der Waals surface area contributed by atoms with Crippen molar-refractivity contribution >= 4 is 23.4 Å². The molecule has 0 atom stereocenters. The number of hydrogen-bond acceptors (Lipinski definition) is 2. The quantitative estimate of drug-likeness (QED) is 0.864. The van der Waals surface area contributed by atoms with Crippen molar-refractivity contribution in [1.82, 2.24) is 19.3 Å². The lowest BCUT2D eigenvalue weighted by Crippen LogP contribution is -2.26. The van der Waals surface area contributed by atoms with Crippen molar-refractivity contribution in [3.63, 3.8) is 0 Å². The first kappa shape index (κ1) is 13.3. The Balaban J connectivity index is 2.58. The highest BCUT2D eigenvalue weighted by atomic mass is 32.1. The van der Waals surface area contributed by atoms with Crippen LogP contribution in [-0.2, 0) is 13.6 Å². The van der Waals surface area contributed by atoms with Crippen LogP contribution >= 0.6 is 12.2 Å². The molecule has 2 heterocycles. The molecule has 0 aliphatic heterocycles. The average Bonchev–Trinajstić information content (AvgIpc) is 2.68. The first-order valence-corrected chi connectivity index (χ1v) is 6.77. The maximum atomic E-state index is 5.45. The van der Waals surface area contributed by atoms with E-state index in [2.05, 4.69) is 42.3 Å². The van der Waals surface area contributed by atoms with E-state index in [0.29, 0.717) is 5.92 Å². The van der Waals surface area contributed by atoms with E-state index in [1.807, 2.05) is 18.7 Å². The van der Waals surface area contributed by atoms with Gasteiger partial charge in [-0.15, -0.1) is 0 Å². The van der Waals surface area contributed by atoms with Crippen molar-refractivity contribution in [2.24, 2.45) is 18.4 Å². The van der Waals surface area contributed by atoms with Crippen LogP contribution in [0.4, 0.5) is 0 Å². The molecule has 0 saturated heterocycles. The molecule has 0 aliphatic carbocycles. The highest BCUT2D eigenvalue weighted by Crippen LogP contribution is 2.30. The predicted molar refractivity (Wildman–Crippen MR) is 77.2 cm³/mol. The summed E-state index contributed by atoms with van der Waals surface area (Å²) in [6, 6.07) is 0. The van der Waals surface area contributed by atoms with Crippen molar-refractivity contribution in [3.05, 3.63) is 10.5 Å². The maximum absolute atomic E-state index is 5.45. The number of hydrogen-bond donors (Lipinski definition) is 1. The standard InChI is InChI=1S/C13H22N4S/c1-8(2)13(4,5)7-17-11-10(14-12(17)18)9(3)15-16(11)6/h8H,7H2,1-6H3,(H,14,18). The molecule has 0 fully saturated rings. The van der Waals surface area contributed by atoms with Crippen LogP contribution in [0.5, 0.6) is 0 Å². The summed E-state index contributed by atoms with van der Waals surface area (Å²) in [7, 11) is 1.97. The molecule has 2 rings (SSSR count). The molecule has 0 unspecified atom stereocenters. The molecule has 0 amide bonds. The van der Waals surface area contributed by atoms with Gasteiger partial charge in [0.05, 0.1) is 5.69 Å². The van der Waals surface area contributed by atoms with Gasteiger partial charge in [0, 0.05) is 13.6 Å². The Morgan fingerprint density at radius 1 is 1.39 bits per heavy atom. The van der Waals surface area contributed by atoms with Crippen LogP contribution in [-0.4, -0.2) is 19.3 Å². The molecule has 0 spiro atoms. The first-order valence-electron chi connectivity index (χ1n) is 6.36. The molecule has 2 aromatic rings. The fourth-order valence-corrected chi connectivity index (χ4v) is 2.36. The zero-order valence-corrected chi connectivity index (χ0v) is 12.9. The van der Waals surface area contributed by atoms with E-state index in [-0.39, 0.29) is 5.41 Å². The van der Waals surface area contributed by atoms with Gasteiger partial charge in [-0.1, -0.05) is 27.7 Å². The molecule has 0 saturated carbocycles. The van der Waals surface area contributed by atoms with E-state index in [4.69, 9.17) is 12.2 Å². The first-order chi connectivity index (χ1) is 8.24. The lowest BCUT2D eigenvalue weighted by molar-refractivity contribution is 0.211. The fourth-order valence-electron chi connectivity index (χ4n) is 2.11. The molecule has 0 radical (unpaired) electrons. The van der Waals surface area contributed by atoms with Gasteiger partial charge in [0.1, 0.15) is 5.52 Å². The van der Waals surface area contributed by atoms with E-state index < -0.39 is 0 Å². The normalized spacial score (nSPS) is 12.8. The number of nitrogens with zero attached hydrogens (tertiary/aromatic N) is 3. The summed E-state index contributed by atoms with van der Waals surface area (Å²) in [6.45, 7) is 12.0. The van der Waals surface area contributed by atoms with Crippen LogP contribution in [0.15, 0.2) is 0 Å². The molecule has 100 valence electrons. The second-order valence-corrected chi connectivity index (χ2v) is 6.45. The molecule has 18 heavy (non-hydrogen) atoms. The largest absolute Gasteiger partial charge is 0.328 e. The Hall–Kier alpha value is -1.10. The van der Waals surface area contributed by atoms with Gasteiger partial charge < -0.3 is 9.55 Å². The summed E-state index contributed by atoms with van der Waals surface area (Å²) in [6.07, 6.45) is 0. The lowest BCUT2D eigenvalue weighted by Gasteiger charge is -2.29. The number of aryl methyl sites for hydroxylation is 2. The average molecular weight is 266 g/mol. The van der Waals surface area contributed by atoms with Crippen LogP contribution in [0.1, 0.15) is 33.4 Å². The highest BCUT2D eigenvalue weighted by Gasteiger charge is 2.25. The third-order valence-electron chi connectivity index (χ3n) is 4.05. The Labute approximate surface area is 113 Å². The zero-order chi connectivity index (χ0) is 13.7. The smallest absolute Gasteiger partial charge is 0.179 e. The molecule has 4 nitrogen and oxygen atoms in total. The van der Waals surface area contributed by atoms with Gasteiger partial charge >= 0.3 is 0 Å². The number of aromatic amines is 1. The van der Waals surface area contributed by atoms with Gasteiger partial charge in [0.2, 0.25) is 0 Å². The Morgan fingerprint density at radius 3 is 2.56 bits per heavy atom. The maximum Gasteiger partial charge on any atom is 0.179 e. The minimum atomic E-state index is 0.200. The van der Waals surface area contributed by atoms with E-state index in [1.54, 1.807) is 0 Å². The van der Waals surface area contributed by atoms with Crippen molar-refractivity contribution in [1.29, 1.82) is 0 Å². The van der Waals surface area contributed by atoms with Gasteiger partial charge in [-0.25, -0.2) is 0 Å². The minimum Gasteiger partial charge on any atom is -0.328 e. The number of rotatable bonds is 3. The SMILES string of the molecule is Cc1nn(C)c2c1[nH]c(=S)n2CC(C)(C)C(C)C. The zero-order valence-electron chi connectivity index (χ0n) is 12.0. The molecule has 2 aromatic heterocycles. The van der Waals surface area contributed by atoms with Gasteiger partial charge in [0.25, 0.3) is 0 Å². The summed E-state index contributed by atoms with van der Waals surface area (Å²) in [5.74, 6) is 0.596. The highest BCUT2D eigenvalue weighted by molar-refractivity contribution is 7.71. The predicted octanol–water partition coefficient (Wildman–Crippen LogP) is 3.42. The summed E-state index contributed by atoms with van der Waals surface area (Å²) in [4.78, 5) is 3.27. The van der Waals surface area contributed by atoms with Crippen LogP contribution in [0.2, 0.25) is 0 Å². The van der Waals surface area contributed by atoms with Crippen LogP contribution in [0.25, 0.3) is 11.2 Å². The molecule has 0 aliphatic rings. The van der Waals surface area contributed by atoms with E-state index in [9.17, 15) is 0 Å². The molecule has 0 aromatic carbocycles. The number of fused-ring (bicyclic) bond motifs is 1. The summed E-state index contributed by atoms with van der Waals surface area (Å²) in [5.41, 5.74) is 3.35. The topological polar surface area (TPSA) is 38.5 Å². The number of H-pyrrole nitrogens is 1. The molecular weight excluding hydrogens is 244 g/mol. The Kier molecular flexibility index (Phi) is 3.13. The van der Waals surface area contributed by atoms with Crippen molar-refractivity contribution in [3.8, 4) is 0 Å². The van der Waals surface area contributed by atoms with E-state index >= 15 is 0 Å². The van der Waals surface area contributed by atoms with Gasteiger partial charge in [0.15, 0.2) is 10.4 Å². The Morgan fingerprint density at radius 2 is 2.00 bits per heavy atom. The van der Waals surface area contributed by atoms with Crippen LogP contribution in [0, 0.1) is 23.0 Å². The monoisotopic (exact) mass is 266 g/mol. The third-order valence-corrected chi connectivity index (χ3v) is 4.38. The number of nitrogens with one attached hydrogen (secondary N) is 1. The van der Waals surface area contributed by atoms with Crippen molar-refractivity contribution in [2.45, 2.75) is 41.2 Å². The summed E-state index contributed by atoms with van der Waals surface area (Å²) in [5, 5.41) is 4.45. The molecule has 1 N–H and O–H groups in total. The van der Waals surface area contributed by atoms with Crippen LogP contribution < -0.4 is 0 Å². The number of aromatic nitrogens is 4. The van der Waals surface area contributed by atoms with Crippen molar-refractivity contribution in [2.75, 3.05) is 0 Å². The van der Waals surface area contributed by atoms with Gasteiger partial charge in [-0.3, -0.25) is 4.68 Å². The summed E-state index contributed by atoms with van der Waals surface area (Å²) < 4.78 is 4.87.